The molecule has 4 nitrogen and oxygen atoms in total. The van der Waals surface area contributed by atoms with Crippen LogP contribution in [0.15, 0.2) is 36.4 Å². The van der Waals surface area contributed by atoms with Gasteiger partial charge in [-0.1, -0.05) is 37.3 Å². The Labute approximate surface area is 145 Å². The van der Waals surface area contributed by atoms with Crippen molar-refractivity contribution in [3.8, 4) is 0 Å². The summed E-state index contributed by atoms with van der Waals surface area (Å²) in [6.45, 7) is 4.19. The number of nitrogens with one attached hydrogen (secondary N) is 1. The number of rotatable bonds is 6. The van der Waals surface area contributed by atoms with E-state index in [9.17, 15) is 9.59 Å². The van der Waals surface area contributed by atoms with Crippen molar-refractivity contribution in [2.45, 2.75) is 32.6 Å². The van der Waals surface area contributed by atoms with E-state index in [1.165, 1.54) is 16.9 Å². The summed E-state index contributed by atoms with van der Waals surface area (Å²) >= 11 is 1.46. The van der Waals surface area contributed by atoms with Gasteiger partial charge in [-0.3, -0.25) is 4.79 Å². The average Bonchev–Trinajstić information content (AvgIpc) is 3.36. The van der Waals surface area contributed by atoms with E-state index in [1.807, 2.05) is 24.3 Å². The Morgan fingerprint density at radius 2 is 2.00 bits per heavy atom. The van der Waals surface area contributed by atoms with Crippen LogP contribution < -0.4 is 5.32 Å². The zero-order valence-electron chi connectivity index (χ0n) is 13.9. The highest BCUT2D eigenvalue weighted by Gasteiger charge is 2.31. The second-order valence-corrected chi connectivity index (χ2v) is 7.09. The van der Waals surface area contributed by atoms with Gasteiger partial charge in [0, 0.05) is 16.7 Å². The van der Waals surface area contributed by atoms with E-state index in [-0.39, 0.29) is 23.7 Å². The van der Waals surface area contributed by atoms with Crippen molar-refractivity contribution in [3.05, 3.63) is 52.4 Å². The third-order valence-corrected chi connectivity index (χ3v) is 5.39. The van der Waals surface area contributed by atoms with Crippen LogP contribution in [0.25, 0.3) is 0 Å². The number of ether oxygens (including phenoxy) is 1. The highest BCUT2D eigenvalue weighted by atomic mass is 32.1. The molecule has 1 fully saturated rings. The molecule has 0 aliphatic heterocycles. The van der Waals surface area contributed by atoms with Crippen molar-refractivity contribution in [1.82, 2.24) is 0 Å². The second-order valence-electron chi connectivity index (χ2n) is 6.01. The van der Waals surface area contributed by atoms with Gasteiger partial charge in [0.25, 0.3) is 0 Å². The number of benzene rings is 1. The summed E-state index contributed by atoms with van der Waals surface area (Å²) in [5, 5.41) is 3.52. The molecule has 0 spiro atoms. The fourth-order valence-corrected chi connectivity index (χ4v) is 3.67. The van der Waals surface area contributed by atoms with E-state index in [4.69, 9.17) is 4.74 Å². The molecule has 0 unspecified atom stereocenters. The van der Waals surface area contributed by atoms with Gasteiger partial charge in [-0.05, 0) is 31.4 Å². The first-order valence-corrected chi connectivity index (χ1v) is 9.08. The van der Waals surface area contributed by atoms with Crippen molar-refractivity contribution in [3.63, 3.8) is 0 Å². The Hall–Kier alpha value is -2.14. The van der Waals surface area contributed by atoms with Crippen LogP contribution in [-0.2, 0) is 9.53 Å². The first-order valence-electron chi connectivity index (χ1n) is 8.26. The van der Waals surface area contributed by atoms with Gasteiger partial charge in [0.15, 0.2) is 0 Å². The quantitative estimate of drug-likeness (QED) is 0.790. The first kappa shape index (κ1) is 16.7. The number of amides is 1. The van der Waals surface area contributed by atoms with Crippen LogP contribution >= 0.6 is 11.3 Å². The molecule has 24 heavy (non-hydrogen) atoms. The lowest BCUT2D eigenvalue weighted by atomic mass is 9.99. The lowest BCUT2D eigenvalue weighted by Crippen LogP contribution is -2.15. The minimum absolute atomic E-state index is 0.00122. The van der Waals surface area contributed by atoms with Gasteiger partial charge < -0.3 is 10.1 Å². The smallest absolute Gasteiger partial charge is 0.341 e. The Morgan fingerprint density at radius 1 is 1.29 bits per heavy atom. The summed E-state index contributed by atoms with van der Waals surface area (Å²) in [6.07, 6.45) is 1.86. The molecule has 0 radical (unpaired) electrons. The van der Waals surface area contributed by atoms with Crippen molar-refractivity contribution >= 4 is 28.2 Å². The van der Waals surface area contributed by atoms with Crippen LogP contribution in [0.2, 0.25) is 0 Å². The molecule has 1 aliphatic carbocycles. The predicted molar refractivity (Wildman–Crippen MR) is 95.6 cm³/mol. The molecule has 1 N–H and O–H groups in total. The van der Waals surface area contributed by atoms with Crippen LogP contribution in [0.3, 0.4) is 0 Å². The van der Waals surface area contributed by atoms with E-state index < -0.39 is 0 Å². The number of anilines is 1. The lowest BCUT2D eigenvalue weighted by molar-refractivity contribution is -0.117. The zero-order chi connectivity index (χ0) is 17.1. The zero-order valence-corrected chi connectivity index (χ0v) is 14.7. The van der Waals surface area contributed by atoms with Crippen molar-refractivity contribution in [2.24, 2.45) is 5.92 Å². The largest absolute Gasteiger partial charge is 0.462 e. The van der Waals surface area contributed by atoms with Crippen molar-refractivity contribution in [1.29, 1.82) is 0 Å². The van der Waals surface area contributed by atoms with E-state index >= 15 is 0 Å². The fraction of sp³-hybridized carbons (Fsp3) is 0.368. The van der Waals surface area contributed by atoms with Gasteiger partial charge in [-0.25, -0.2) is 4.79 Å². The minimum atomic E-state index is -0.383. The van der Waals surface area contributed by atoms with Crippen LogP contribution in [0, 0.1) is 5.92 Å². The maximum atomic E-state index is 12.2. The Balaban J connectivity index is 1.89. The molecule has 3 rings (SSSR count). The number of carbonyl (C=O) groups is 2. The molecule has 1 atom stereocenters. The SMILES string of the molecule is CCOC(=O)c1cc([C@H](C)c2ccccc2)sc1NC(=O)C1CC1. The molecule has 0 bridgehead atoms. The van der Waals surface area contributed by atoms with Crippen molar-refractivity contribution < 1.29 is 14.3 Å². The van der Waals surface area contributed by atoms with Crippen LogP contribution in [0.5, 0.6) is 0 Å². The topological polar surface area (TPSA) is 55.4 Å². The molecule has 1 heterocycles. The molecule has 126 valence electrons. The summed E-state index contributed by atoms with van der Waals surface area (Å²) in [7, 11) is 0. The molecular weight excluding hydrogens is 322 g/mol. The molecule has 0 saturated heterocycles. The van der Waals surface area contributed by atoms with Crippen LogP contribution in [-0.4, -0.2) is 18.5 Å². The summed E-state index contributed by atoms with van der Waals surface area (Å²) in [4.78, 5) is 25.4. The normalized spacial score (nSPS) is 14.9. The van der Waals surface area contributed by atoms with Gasteiger partial charge in [0.1, 0.15) is 5.00 Å². The third-order valence-electron chi connectivity index (χ3n) is 4.16. The Morgan fingerprint density at radius 3 is 2.62 bits per heavy atom. The standard InChI is InChI=1S/C19H21NO3S/c1-3-23-19(22)15-11-16(12(2)13-7-5-4-6-8-13)24-18(15)20-17(21)14-9-10-14/h4-8,11-12,14H,3,9-10H2,1-2H3,(H,20,21)/t12-/m1/s1. The summed E-state index contributed by atoms with van der Waals surface area (Å²) in [5.41, 5.74) is 1.63. The highest BCUT2D eigenvalue weighted by Crippen LogP contribution is 2.38. The molecular formula is C19H21NO3S. The maximum absolute atomic E-state index is 12.2. The van der Waals surface area contributed by atoms with Gasteiger partial charge in [0.2, 0.25) is 5.91 Å². The number of hydrogen-bond acceptors (Lipinski definition) is 4. The minimum Gasteiger partial charge on any atom is -0.462 e. The molecule has 1 amide bonds. The second kappa shape index (κ2) is 7.18. The summed E-state index contributed by atoms with van der Waals surface area (Å²) in [5.74, 6) is -0.138. The first-order chi connectivity index (χ1) is 11.6. The van der Waals surface area contributed by atoms with E-state index in [1.54, 1.807) is 6.92 Å². The highest BCUT2D eigenvalue weighted by molar-refractivity contribution is 7.16. The number of hydrogen-bond donors (Lipinski definition) is 1. The number of carbonyl (C=O) groups excluding carboxylic acids is 2. The van der Waals surface area contributed by atoms with E-state index in [0.717, 1.165) is 17.7 Å². The molecule has 1 aromatic carbocycles. The van der Waals surface area contributed by atoms with Crippen molar-refractivity contribution in [2.75, 3.05) is 11.9 Å². The summed E-state index contributed by atoms with van der Waals surface area (Å²) < 4.78 is 5.14. The van der Waals surface area contributed by atoms with Crippen LogP contribution in [0.4, 0.5) is 5.00 Å². The van der Waals surface area contributed by atoms with Gasteiger partial charge in [-0.2, -0.15) is 0 Å². The fourth-order valence-electron chi connectivity index (χ4n) is 2.54. The molecule has 2 aromatic rings. The van der Waals surface area contributed by atoms with Gasteiger partial charge >= 0.3 is 5.97 Å². The third kappa shape index (κ3) is 3.67. The molecule has 1 aromatic heterocycles. The monoisotopic (exact) mass is 343 g/mol. The Kier molecular flexibility index (Phi) is 5.00. The maximum Gasteiger partial charge on any atom is 0.341 e. The van der Waals surface area contributed by atoms with E-state index in [2.05, 4.69) is 24.4 Å². The molecule has 5 heteroatoms. The number of thiophene rings is 1. The average molecular weight is 343 g/mol. The lowest BCUT2D eigenvalue weighted by Gasteiger charge is -2.09. The summed E-state index contributed by atoms with van der Waals surface area (Å²) in [6, 6.07) is 12.0. The molecule has 1 aliphatic rings. The van der Waals surface area contributed by atoms with Crippen LogP contribution in [0.1, 0.15) is 53.4 Å². The van der Waals surface area contributed by atoms with Gasteiger partial charge in [-0.15, -0.1) is 11.3 Å². The van der Waals surface area contributed by atoms with Gasteiger partial charge in [0.05, 0.1) is 12.2 Å². The number of esters is 1. The van der Waals surface area contributed by atoms with E-state index in [0.29, 0.717) is 17.2 Å². The Bertz CT molecular complexity index is 734. The predicted octanol–water partition coefficient (Wildman–Crippen LogP) is 4.43. The molecule has 1 saturated carbocycles.